The van der Waals surface area contributed by atoms with Gasteiger partial charge in [0, 0.05) is 25.7 Å². The van der Waals surface area contributed by atoms with Crippen LogP contribution in [0, 0.1) is 5.92 Å². The van der Waals surface area contributed by atoms with Gasteiger partial charge in [-0.1, -0.05) is 17.7 Å². The van der Waals surface area contributed by atoms with Gasteiger partial charge in [0.05, 0.1) is 17.3 Å². The van der Waals surface area contributed by atoms with Gasteiger partial charge in [0.1, 0.15) is 0 Å². The highest BCUT2D eigenvalue weighted by Gasteiger charge is 2.32. The van der Waals surface area contributed by atoms with Crippen molar-refractivity contribution in [1.29, 1.82) is 0 Å². The molecule has 3 nitrogen and oxygen atoms in total. The minimum atomic E-state index is 0.00910. The van der Waals surface area contributed by atoms with Crippen LogP contribution in [0.1, 0.15) is 38.3 Å². The van der Waals surface area contributed by atoms with E-state index in [1.165, 1.54) is 12.8 Å². The van der Waals surface area contributed by atoms with Crippen molar-refractivity contribution in [3.05, 3.63) is 28.8 Å². The number of nitrogens with two attached hydrogens (primary N) is 1. The average molecular weight is 297 g/mol. The van der Waals surface area contributed by atoms with Crippen molar-refractivity contribution in [2.24, 2.45) is 11.7 Å². The van der Waals surface area contributed by atoms with E-state index in [-0.39, 0.29) is 6.04 Å². The molecule has 1 aromatic carbocycles. The second kappa shape index (κ2) is 6.79. The monoisotopic (exact) mass is 296 g/mol. The Morgan fingerprint density at radius 3 is 2.60 bits per heavy atom. The van der Waals surface area contributed by atoms with Gasteiger partial charge >= 0.3 is 0 Å². The average Bonchev–Trinajstić information content (AvgIpc) is 3.24. The Bertz CT molecular complexity index is 446. The third-order valence-corrected chi connectivity index (χ3v) is 4.44. The van der Waals surface area contributed by atoms with Gasteiger partial charge in [0.25, 0.3) is 0 Å². The van der Waals surface area contributed by atoms with Crippen LogP contribution in [-0.4, -0.2) is 26.3 Å². The highest BCUT2D eigenvalue weighted by atomic mass is 35.5. The van der Waals surface area contributed by atoms with Gasteiger partial charge in [-0.15, -0.1) is 0 Å². The molecule has 0 bridgehead atoms. The van der Waals surface area contributed by atoms with Crippen molar-refractivity contribution in [2.75, 3.05) is 25.2 Å². The molecule has 2 rings (SSSR count). The molecular formula is C16H25ClN2O. The number of benzene rings is 1. The molecule has 1 aliphatic carbocycles. The Kier molecular flexibility index (Phi) is 5.30. The van der Waals surface area contributed by atoms with Gasteiger partial charge in [-0.3, -0.25) is 0 Å². The molecule has 2 atom stereocenters. The molecule has 1 aliphatic rings. The van der Waals surface area contributed by atoms with Gasteiger partial charge in [-0.05, 0) is 50.3 Å². The summed E-state index contributed by atoms with van der Waals surface area (Å²) in [6, 6.07) is 6.67. The van der Waals surface area contributed by atoms with Crippen LogP contribution in [0.3, 0.4) is 0 Å². The first kappa shape index (κ1) is 15.6. The molecule has 0 aromatic heterocycles. The highest BCUT2D eigenvalue weighted by molar-refractivity contribution is 6.33. The van der Waals surface area contributed by atoms with E-state index >= 15 is 0 Å². The summed E-state index contributed by atoms with van der Waals surface area (Å²) in [5.41, 5.74) is 8.08. The van der Waals surface area contributed by atoms with Crippen molar-refractivity contribution in [2.45, 2.75) is 38.8 Å². The molecule has 20 heavy (non-hydrogen) atoms. The van der Waals surface area contributed by atoms with Gasteiger partial charge in [0.2, 0.25) is 0 Å². The zero-order valence-electron chi connectivity index (χ0n) is 12.6. The number of rotatable bonds is 7. The van der Waals surface area contributed by atoms with E-state index in [4.69, 9.17) is 22.1 Å². The van der Waals surface area contributed by atoms with E-state index in [1.54, 1.807) is 7.11 Å². The van der Waals surface area contributed by atoms with Crippen LogP contribution >= 0.6 is 11.6 Å². The maximum atomic E-state index is 6.48. The summed E-state index contributed by atoms with van der Waals surface area (Å²) in [5, 5.41) is 0.781. The second-order valence-corrected chi connectivity index (χ2v) is 6.17. The summed E-state index contributed by atoms with van der Waals surface area (Å²) in [4.78, 5) is 2.37. The molecule has 1 aromatic rings. The number of halogens is 1. The van der Waals surface area contributed by atoms with Crippen LogP contribution in [0.15, 0.2) is 18.2 Å². The van der Waals surface area contributed by atoms with E-state index < -0.39 is 0 Å². The third kappa shape index (κ3) is 3.66. The van der Waals surface area contributed by atoms with Gasteiger partial charge < -0.3 is 15.4 Å². The van der Waals surface area contributed by atoms with Crippen molar-refractivity contribution in [1.82, 2.24) is 0 Å². The molecule has 2 unspecified atom stereocenters. The predicted octanol–water partition coefficient (Wildman–Crippen LogP) is 3.61. The summed E-state index contributed by atoms with van der Waals surface area (Å²) >= 11 is 6.48. The lowest BCUT2D eigenvalue weighted by atomic mass is 10.1. The van der Waals surface area contributed by atoms with E-state index in [9.17, 15) is 0 Å². The lowest BCUT2D eigenvalue weighted by molar-refractivity contribution is 0.202. The third-order valence-electron chi connectivity index (χ3n) is 4.14. The Balaban J connectivity index is 2.22. The van der Waals surface area contributed by atoms with Gasteiger partial charge in [0.15, 0.2) is 0 Å². The maximum absolute atomic E-state index is 6.48. The lowest BCUT2D eigenvalue weighted by Crippen LogP contribution is -2.37. The van der Waals surface area contributed by atoms with E-state index in [0.717, 1.165) is 28.7 Å². The van der Waals surface area contributed by atoms with Crippen LogP contribution in [0.25, 0.3) is 0 Å². The first-order valence-corrected chi connectivity index (χ1v) is 7.73. The van der Waals surface area contributed by atoms with Crippen molar-refractivity contribution < 1.29 is 4.74 Å². The van der Waals surface area contributed by atoms with Crippen molar-refractivity contribution in [3.63, 3.8) is 0 Å². The minimum Gasteiger partial charge on any atom is -0.383 e. The van der Waals surface area contributed by atoms with Crippen molar-refractivity contribution >= 4 is 17.3 Å². The summed E-state index contributed by atoms with van der Waals surface area (Å²) in [5.74, 6) is 0.788. The minimum absolute atomic E-state index is 0.00910. The molecule has 0 spiro atoms. The molecule has 0 heterocycles. The second-order valence-electron chi connectivity index (χ2n) is 5.76. The largest absolute Gasteiger partial charge is 0.383 e. The Morgan fingerprint density at radius 2 is 2.10 bits per heavy atom. The molecule has 0 saturated heterocycles. The standard InChI is InChI=1S/C16H25ClN2O/c1-11(18)14-6-7-16(15(17)10-14)19(8-9-20-3)12(2)13-4-5-13/h6-7,10-13H,4-5,8-9,18H2,1-3H3. The first-order chi connectivity index (χ1) is 9.54. The summed E-state index contributed by atoms with van der Waals surface area (Å²) in [6.45, 7) is 5.83. The zero-order chi connectivity index (χ0) is 14.7. The lowest BCUT2D eigenvalue weighted by Gasteiger charge is -2.32. The van der Waals surface area contributed by atoms with E-state index in [1.807, 2.05) is 13.0 Å². The predicted molar refractivity (Wildman–Crippen MR) is 85.5 cm³/mol. The molecule has 1 fully saturated rings. The number of methoxy groups -OCH3 is 1. The normalized spacial score (nSPS) is 17.9. The van der Waals surface area contributed by atoms with E-state index in [2.05, 4.69) is 24.0 Å². The Hall–Kier alpha value is -0.770. The van der Waals surface area contributed by atoms with Crippen LogP contribution in [0.4, 0.5) is 5.69 Å². The number of nitrogens with zero attached hydrogens (tertiary/aromatic N) is 1. The number of hydrogen-bond donors (Lipinski definition) is 1. The van der Waals surface area contributed by atoms with Crippen LogP contribution < -0.4 is 10.6 Å². The molecule has 4 heteroatoms. The SMILES string of the molecule is COCCN(c1ccc(C(C)N)cc1Cl)C(C)C1CC1. The molecule has 112 valence electrons. The maximum Gasteiger partial charge on any atom is 0.0643 e. The summed E-state index contributed by atoms with van der Waals surface area (Å²) in [6.07, 6.45) is 2.64. The molecule has 0 amide bonds. The molecule has 0 aliphatic heterocycles. The summed E-state index contributed by atoms with van der Waals surface area (Å²) < 4.78 is 5.24. The van der Waals surface area contributed by atoms with Gasteiger partial charge in [-0.2, -0.15) is 0 Å². The Labute approximate surface area is 127 Å². The fourth-order valence-electron chi connectivity index (χ4n) is 2.61. The van der Waals surface area contributed by atoms with Gasteiger partial charge in [-0.25, -0.2) is 0 Å². The van der Waals surface area contributed by atoms with E-state index in [0.29, 0.717) is 12.6 Å². The smallest absolute Gasteiger partial charge is 0.0643 e. The quantitative estimate of drug-likeness (QED) is 0.835. The van der Waals surface area contributed by atoms with Crippen LogP contribution in [0.5, 0.6) is 0 Å². The van der Waals surface area contributed by atoms with Crippen molar-refractivity contribution in [3.8, 4) is 0 Å². The zero-order valence-corrected chi connectivity index (χ0v) is 13.4. The first-order valence-electron chi connectivity index (χ1n) is 7.35. The highest BCUT2D eigenvalue weighted by Crippen LogP contribution is 2.39. The fourth-order valence-corrected chi connectivity index (χ4v) is 2.90. The van der Waals surface area contributed by atoms with Crippen LogP contribution in [-0.2, 0) is 4.74 Å². The Morgan fingerprint density at radius 1 is 1.40 bits per heavy atom. The number of anilines is 1. The topological polar surface area (TPSA) is 38.5 Å². The molecule has 0 radical (unpaired) electrons. The number of hydrogen-bond acceptors (Lipinski definition) is 3. The van der Waals surface area contributed by atoms with Crippen LogP contribution in [0.2, 0.25) is 5.02 Å². The molecule has 2 N–H and O–H groups in total. The summed E-state index contributed by atoms with van der Waals surface area (Å²) in [7, 11) is 1.74. The molecular weight excluding hydrogens is 272 g/mol. The number of ether oxygens (including phenoxy) is 1. The fraction of sp³-hybridized carbons (Fsp3) is 0.625. The molecule has 1 saturated carbocycles.